The lowest BCUT2D eigenvalue weighted by molar-refractivity contribution is -0.116. The minimum atomic E-state index is -3.78. The number of carbonyl (C=O) groups excluding carboxylic acids is 1. The molecule has 106 valence electrons. The number of hydrogen-bond donors (Lipinski definition) is 3. The summed E-state index contributed by atoms with van der Waals surface area (Å²) in [7, 11) is -3.78. The summed E-state index contributed by atoms with van der Waals surface area (Å²) in [5.74, 6) is -0.130. The number of benzene rings is 1. The van der Waals surface area contributed by atoms with Crippen molar-refractivity contribution in [3.05, 3.63) is 23.8 Å². The van der Waals surface area contributed by atoms with Crippen molar-refractivity contribution < 1.29 is 13.2 Å². The molecule has 0 saturated heterocycles. The molecule has 0 aliphatic heterocycles. The first-order chi connectivity index (χ1) is 8.74. The van der Waals surface area contributed by atoms with E-state index in [1.165, 1.54) is 12.1 Å². The Hall–Kier alpha value is -1.44. The fourth-order valence-electron chi connectivity index (χ4n) is 1.51. The van der Waals surface area contributed by atoms with Gasteiger partial charge in [-0.05, 0) is 37.1 Å². The maximum absolute atomic E-state index is 11.7. The highest BCUT2D eigenvalue weighted by atomic mass is 32.2. The summed E-state index contributed by atoms with van der Waals surface area (Å²) < 4.78 is 22.5. The molecule has 1 atom stereocenters. The largest absolute Gasteiger partial charge is 0.330 e. The lowest BCUT2D eigenvalue weighted by Gasteiger charge is -2.12. The number of sulfonamides is 1. The summed E-state index contributed by atoms with van der Waals surface area (Å²) in [6.45, 7) is 4.06. The topological polar surface area (TPSA) is 115 Å². The molecule has 1 rings (SSSR count). The van der Waals surface area contributed by atoms with Crippen molar-refractivity contribution in [1.29, 1.82) is 0 Å². The maximum atomic E-state index is 11.7. The second kappa shape index (κ2) is 6.14. The van der Waals surface area contributed by atoms with Crippen molar-refractivity contribution >= 4 is 21.6 Å². The highest BCUT2D eigenvalue weighted by Gasteiger charge is 2.13. The van der Waals surface area contributed by atoms with Crippen molar-refractivity contribution in [3.8, 4) is 0 Å². The van der Waals surface area contributed by atoms with Crippen LogP contribution in [0.4, 0.5) is 5.69 Å². The summed E-state index contributed by atoms with van der Waals surface area (Å²) in [6.07, 6.45) is 0.287. The van der Waals surface area contributed by atoms with E-state index in [2.05, 4.69) is 5.32 Å². The van der Waals surface area contributed by atoms with Gasteiger partial charge in [-0.15, -0.1) is 0 Å². The van der Waals surface area contributed by atoms with Gasteiger partial charge in [-0.3, -0.25) is 4.79 Å². The third-order valence-corrected chi connectivity index (χ3v) is 3.66. The summed E-state index contributed by atoms with van der Waals surface area (Å²) in [6, 6.07) is 4.36. The molecular weight excluding hydrogens is 266 g/mol. The van der Waals surface area contributed by atoms with Gasteiger partial charge in [-0.25, -0.2) is 13.6 Å². The Kier molecular flexibility index (Phi) is 5.04. The van der Waals surface area contributed by atoms with Crippen molar-refractivity contribution in [2.75, 3.05) is 11.9 Å². The Morgan fingerprint density at radius 2 is 2.05 bits per heavy atom. The number of amides is 1. The molecule has 0 aromatic heterocycles. The van der Waals surface area contributed by atoms with Gasteiger partial charge in [0.25, 0.3) is 0 Å². The van der Waals surface area contributed by atoms with Gasteiger partial charge < -0.3 is 11.1 Å². The fraction of sp³-hybridized carbons (Fsp3) is 0.417. The monoisotopic (exact) mass is 285 g/mol. The van der Waals surface area contributed by atoms with E-state index in [-0.39, 0.29) is 23.1 Å². The van der Waals surface area contributed by atoms with E-state index in [1.54, 1.807) is 13.0 Å². The van der Waals surface area contributed by atoms with Gasteiger partial charge in [0.15, 0.2) is 0 Å². The smallest absolute Gasteiger partial charge is 0.238 e. The maximum Gasteiger partial charge on any atom is 0.238 e. The Morgan fingerprint density at radius 1 is 1.42 bits per heavy atom. The van der Waals surface area contributed by atoms with Crippen molar-refractivity contribution in [2.45, 2.75) is 25.2 Å². The standard InChI is InChI=1S/C12H19N3O3S/c1-8(7-13)5-12(16)15-11-6-10(19(14,17)18)4-3-9(11)2/h3-4,6,8H,5,7,13H2,1-2H3,(H,15,16)(H2,14,17,18). The number of rotatable bonds is 5. The van der Waals surface area contributed by atoms with E-state index in [0.29, 0.717) is 12.2 Å². The third kappa shape index (κ3) is 4.62. The van der Waals surface area contributed by atoms with E-state index < -0.39 is 10.0 Å². The summed E-state index contributed by atoms with van der Waals surface area (Å²) in [4.78, 5) is 11.7. The molecule has 0 spiro atoms. The van der Waals surface area contributed by atoms with Crippen LogP contribution in [0.1, 0.15) is 18.9 Å². The average molecular weight is 285 g/mol. The van der Waals surface area contributed by atoms with Crippen LogP contribution in [0.25, 0.3) is 0 Å². The van der Waals surface area contributed by atoms with Crippen LogP contribution in [-0.2, 0) is 14.8 Å². The molecule has 19 heavy (non-hydrogen) atoms. The van der Waals surface area contributed by atoms with Gasteiger partial charge in [0.2, 0.25) is 15.9 Å². The molecule has 1 unspecified atom stereocenters. The van der Waals surface area contributed by atoms with Gasteiger partial charge in [0, 0.05) is 12.1 Å². The summed E-state index contributed by atoms with van der Waals surface area (Å²) in [5, 5.41) is 7.73. The van der Waals surface area contributed by atoms with Gasteiger partial charge in [-0.2, -0.15) is 0 Å². The average Bonchev–Trinajstić information content (AvgIpc) is 2.30. The molecule has 1 amide bonds. The summed E-state index contributed by atoms with van der Waals surface area (Å²) >= 11 is 0. The number of carbonyl (C=O) groups is 1. The molecule has 0 aliphatic rings. The molecule has 0 heterocycles. The van der Waals surface area contributed by atoms with Crippen LogP contribution in [0.5, 0.6) is 0 Å². The van der Waals surface area contributed by atoms with E-state index in [9.17, 15) is 13.2 Å². The van der Waals surface area contributed by atoms with Crippen LogP contribution < -0.4 is 16.2 Å². The van der Waals surface area contributed by atoms with Crippen LogP contribution in [0, 0.1) is 12.8 Å². The number of hydrogen-bond acceptors (Lipinski definition) is 4. The second-order valence-electron chi connectivity index (χ2n) is 4.61. The zero-order chi connectivity index (χ0) is 14.6. The van der Waals surface area contributed by atoms with Gasteiger partial charge in [0.1, 0.15) is 0 Å². The number of nitrogens with two attached hydrogens (primary N) is 2. The van der Waals surface area contributed by atoms with E-state index >= 15 is 0 Å². The molecule has 6 nitrogen and oxygen atoms in total. The van der Waals surface area contributed by atoms with Crippen LogP contribution in [0.2, 0.25) is 0 Å². The van der Waals surface area contributed by atoms with E-state index in [1.807, 2.05) is 6.92 Å². The van der Waals surface area contributed by atoms with Gasteiger partial charge in [-0.1, -0.05) is 13.0 Å². The number of primary sulfonamides is 1. The molecule has 0 saturated carbocycles. The number of aryl methyl sites for hydroxylation is 1. The van der Waals surface area contributed by atoms with E-state index in [4.69, 9.17) is 10.9 Å². The normalized spacial score (nSPS) is 13.1. The third-order valence-electron chi connectivity index (χ3n) is 2.75. The first-order valence-corrected chi connectivity index (χ1v) is 7.42. The quantitative estimate of drug-likeness (QED) is 0.733. The molecule has 1 aromatic carbocycles. The Labute approximate surface area is 113 Å². The molecule has 5 N–H and O–H groups in total. The zero-order valence-corrected chi connectivity index (χ0v) is 11.8. The lowest BCUT2D eigenvalue weighted by atomic mass is 10.1. The molecule has 0 aliphatic carbocycles. The molecule has 1 aromatic rings. The van der Waals surface area contributed by atoms with Crippen molar-refractivity contribution in [3.63, 3.8) is 0 Å². The highest BCUT2D eigenvalue weighted by molar-refractivity contribution is 7.89. The van der Waals surface area contributed by atoms with Crippen LogP contribution in [0.15, 0.2) is 23.1 Å². The van der Waals surface area contributed by atoms with E-state index in [0.717, 1.165) is 5.56 Å². The molecule has 0 bridgehead atoms. The minimum Gasteiger partial charge on any atom is -0.330 e. The van der Waals surface area contributed by atoms with Crippen LogP contribution in [-0.4, -0.2) is 20.9 Å². The minimum absolute atomic E-state index is 0.0275. The molecule has 0 fully saturated rings. The Morgan fingerprint density at radius 3 is 2.58 bits per heavy atom. The lowest BCUT2D eigenvalue weighted by Crippen LogP contribution is -2.21. The highest BCUT2D eigenvalue weighted by Crippen LogP contribution is 2.20. The van der Waals surface area contributed by atoms with Crippen LogP contribution in [0.3, 0.4) is 0 Å². The predicted octanol–water partition coefficient (Wildman–Crippen LogP) is 0.566. The van der Waals surface area contributed by atoms with Gasteiger partial charge >= 0.3 is 0 Å². The first kappa shape index (κ1) is 15.6. The first-order valence-electron chi connectivity index (χ1n) is 5.87. The SMILES string of the molecule is Cc1ccc(S(N)(=O)=O)cc1NC(=O)CC(C)CN. The van der Waals surface area contributed by atoms with Crippen molar-refractivity contribution in [2.24, 2.45) is 16.8 Å². The molecular formula is C12H19N3O3S. The van der Waals surface area contributed by atoms with Crippen molar-refractivity contribution in [1.82, 2.24) is 0 Å². The second-order valence-corrected chi connectivity index (χ2v) is 6.18. The summed E-state index contributed by atoms with van der Waals surface area (Å²) in [5.41, 5.74) is 6.66. The van der Waals surface area contributed by atoms with Gasteiger partial charge in [0.05, 0.1) is 4.90 Å². The Balaban J connectivity index is 2.92. The molecule has 7 heteroatoms. The van der Waals surface area contributed by atoms with Crippen LogP contribution >= 0.6 is 0 Å². The number of nitrogens with one attached hydrogen (secondary N) is 1. The Bertz CT molecular complexity index is 570. The number of anilines is 1. The zero-order valence-electron chi connectivity index (χ0n) is 11.0. The fourth-order valence-corrected chi connectivity index (χ4v) is 2.05. The molecule has 0 radical (unpaired) electrons. The predicted molar refractivity (Wildman–Crippen MR) is 74.0 cm³/mol.